The Hall–Kier alpha value is -2.41. The monoisotopic (exact) mass is 259 g/mol. The maximum absolute atomic E-state index is 4.88. The summed E-state index contributed by atoms with van der Waals surface area (Å²) in [5.41, 5.74) is 5.75. The number of aromatic nitrogens is 1. The van der Waals surface area contributed by atoms with Crippen LogP contribution in [0.1, 0.15) is 12.5 Å². The van der Waals surface area contributed by atoms with Crippen LogP contribution in [0.5, 0.6) is 0 Å². The summed E-state index contributed by atoms with van der Waals surface area (Å²) in [5, 5.41) is 0. The summed E-state index contributed by atoms with van der Waals surface area (Å²) in [6, 6.07) is 25.0. The number of nitrogens with zero attached hydrogens (tertiary/aromatic N) is 1. The van der Waals surface area contributed by atoms with Gasteiger partial charge >= 0.3 is 0 Å². The summed E-state index contributed by atoms with van der Waals surface area (Å²) in [4.78, 5) is 4.88. The Bertz CT molecular complexity index is 687. The van der Waals surface area contributed by atoms with E-state index in [4.69, 9.17) is 4.98 Å². The summed E-state index contributed by atoms with van der Waals surface area (Å²) in [7, 11) is 0. The van der Waals surface area contributed by atoms with Crippen molar-refractivity contribution < 1.29 is 0 Å². The van der Waals surface area contributed by atoms with Crippen molar-refractivity contribution >= 4 is 0 Å². The van der Waals surface area contributed by atoms with Crippen LogP contribution in [0.2, 0.25) is 0 Å². The number of benzene rings is 2. The average Bonchev–Trinajstić information content (AvgIpc) is 2.56. The zero-order valence-corrected chi connectivity index (χ0v) is 11.6. The zero-order chi connectivity index (χ0) is 13.8. The minimum Gasteiger partial charge on any atom is -0.248 e. The van der Waals surface area contributed by atoms with E-state index >= 15 is 0 Å². The summed E-state index contributed by atoms with van der Waals surface area (Å²) in [6.07, 6.45) is 0.992. The van der Waals surface area contributed by atoms with Gasteiger partial charge in [0.05, 0.1) is 11.4 Å². The second-order valence-electron chi connectivity index (χ2n) is 4.79. The third kappa shape index (κ3) is 2.48. The molecule has 0 aliphatic rings. The fourth-order valence-corrected chi connectivity index (χ4v) is 2.39. The van der Waals surface area contributed by atoms with Gasteiger partial charge in [-0.1, -0.05) is 73.7 Å². The summed E-state index contributed by atoms with van der Waals surface area (Å²) in [5.74, 6) is 0. The van der Waals surface area contributed by atoms with Gasteiger partial charge in [-0.2, -0.15) is 0 Å². The van der Waals surface area contributed by atoms with Crippen LogP contribution in [0.4, 0.5) is 0 Å². The highest BCUT2D eigenvalue weighted by Gasteiger charge is 2.07. The van der Waals surface area contributed by atoms with E-state index in [1.54, 1.807) is 0 Å². The minimum atomic E-state index is 0.992. The Balaban J connectivity index is 2.13. The van der Waals surface area contributed by atoms with Gasteiger partial charge in [0.1, 0.15) is 0 Å². The summed E-state index contributed by atoms with van der Waals surface area (Å²) < 4.78 is 0. The lowest BCUT2D eigenvalue weighted by molar-refractivity contribution is 1.11. The third-order valence-corrected chi connectivity index (χ3v) is 3.48. The fraction of sp³-hybridized carbons (Fsp3) is 0.105. The van der Waals surface area contributed by atoms with Crippen molar-refractivity contribution in [3.05, 3.63) is 78.4 Å². The van der Waals surface area contributed by atoms with Gasteiger partial charge in [0.25, 0.3) is 0 Å². The molecule has 0 spiro atoms. The van der Waals surface area contributed by atoms with Crippen molar-refractivity contribution in [3.63, 3.8) is 0 Å². The molecular weight excluding hydrogens is 242 g/mol. The molecule has 98 valence electrons. The number of hydrogen-bond acceptors (Lipinski definition) is 1. The molecule has 0 unspecified atom stereocenters. The molecule has 0 aliphatic carbocycles. The first-order valence-corrected chi connectivity index (χ1v) is 6.99. The molecule has 0 atom stereocenters. The van der Waals surface area contributed by atoms with Crippen LogP contribution in [0, 0.1) is 0 Å². The second-order valence-corrected chi connectivity index (χ2v) is 4.79. The Kier molecular flexibility index (Phi) is 3.60. The maximum Gasteiger partial charge on any atom is 0.0741 e. The van der Waals surface area contributed by atoms with E-state index in [9.17, 15) is 0 Å². The topological polar surface area (TPSA) is 12.9 Å². The zero-order valence-electron chi connectivity index (χ0n) is 11.6. The molecule has 0 aliphatic heterocycles. The van der Waals surface area contributed by atoms with Crippen LogP contribution in [-0.2, 0) is 6.42 Å². The SMILES string of the molecule is CCc1ccc(-c2ccccc2)nc1-c1ccccc1. The second kappa shape index (κ2) is 5.70. The van der Waals surface area contributed by atoms with Gasteiger partial charge < -0.3 is 0 Å². The molecule has 1 aromatic heterocycles. The van der Waals surface area contributed by atoms with Crippen LogP contribution in [0.3, 0.4) is 0 Å². The molecule has 3 aromatic rings. The molecule has 2 aromatic carbocycles. The maximum atomic E-state index is 4.88. The molecular formula is C19H17N. The smallest absolute Gasteiger partial charge is 0.0741 e. The molecule has 0 bridgehead atoms. The van der Waals surface area contributed by atoms with Crippen molar-refractivity contribution in [1.29, 1.82) is 0 Å². The lowest BCUT2D eigenvalue weighted by Gasteiger charge is -2.10. The molecule has 0 N–H and O–H groups in total. The first kappa shape index (κ1) is 12.6. The van der Waals surface area contributed by atoms with E-state index in [0.29, 0.717) is 0 Å². The molecule has 0 radical (unpaired) electrons. The largest absolute Gasteiger partial charge is 0.248 e. The normalized spacial score (nSPS) is 10.4. The van der Waals surface area contributed by atoms with Crippen molar-refractivity contribution in [3.8, 4) is 22.5 Å². The van der Waals surface area contributed by atoms with E-state index in [1.807, 2.05) is 24.3 Å². The van der Waals surface area contributed by atoms with Crippen molar-refractivity contribution in [2.75, 3.05) is 0 Å². The fourth-order valence-electron chi connectivity index (χ4n) is 2.39. The van der Waals surface area contributed by atoms with E-state index < -0.39 is 0 Å². The Morgan fingerprint density at radius 1 is 0.700 bits per heavy atom. The van der Waals surface area contributed by atoms with Crippen LogP contribution in [-0.4, -0.2) is 4.98 Å². The van der Waals surface area contributed by atoms with Gasteiger partial charge in [0.2, 0.25) is 0 Å². The summed E-state index contributed by atoms with van der Waals surface area (Å²) >= 11 is 0. The molecule has 0 amide bonds. The first-order valence-electron chi connectivity index (χ1n) is 6.99. The molecule has 1 heteroatoms. The van der Waals surface area contributed by atoms with Gasteiger partial charge in [-0.25, -0.2) is 4.98 Å². The quantitative estimate of drug-likeness (QED) is 0.646. The highest BCUT2D eigenvalue weighted by Crippen LogP contribution is 2.26. The van der Waals surface area contributed by atoms with E-state index in [-0.39, 0.29) is 0 Å². The number of rotatable bonds is 3. The highest BCUT2D eigenvalue weighted by molar-refractivity contribution is 5.68. The van der Waals surface area contributed by atoms with E-state index in [0.717, 1.165) is 23.4 Å². The van der Waals surface area contributed by atoms with Crippen LogP contribution >= 0.6 is 0 Å². The molecule has 3 rings (SSSR count). The van der Waals surface area contributed by atoms with Crippen LogP contribution in [0.15, 0.2) is 72.8 Å². The third-order valence-electron chi connectivity index (χ3n) is 3.48. The van der Waals surface area contributed by atoms with Crippen molar-refractivity contribution in [2.45, 2.75) is 13.3 Å². The van der Waals surface area contributed by atoms with Crippen molar-refractivity contribution in [2.24, 2.45) is 0 Å². The van der Waals surface area contributed by atoms with E-state index in [1.165, 1.54) is 11.1 Å². The molecule has 0 fully saturated rings. The number of pyridine rings is 1. The number of aryl methyl sites for hydroxylation is 1. The molecule has 1 nitrogen and oxygen atoms in total. The Labute approximate surface area is 119 Å². The lowest BCUT2D eigenvalue weighted by Crippen LogP contribution is -1.94. The lowest BCUT2D eigenvalue weighted by atomic mass is 10.0. The standard InChI is InChI=1S/C19H17N/c1-2-15-13-14-18(16-9-5-3-6-10-16)20-19(15)17-11-7-4-8-12-17/h3-14H,2H2,1H3. The van der Waals surface area contributed by atoms with E-state index in [2.05, 4.69) is 55.5 Å². The molecule has 20 heavy (non-hydrogen) atoms. The Morgan fingerprint density at radius 3 is 1.90 bits per heavy atom. The highest BCUT2D eigenvalue weighted by atomic mass is 14.7. The van der Waals surface area contributed by atoms with Gasteiger partial charge in [-0.15, -0.1) is 0 Å². The number of hydrogen-bond donors (Lipinski definition) is 0. The minimum absolute atomic E-state index is 0.992. The van der Waals surface area contributed by atoms with Crippen LogP contribution < -0.4 is 0 Å². The predicted octanol–water partition coefficient (Wildman–Crippen LogP) is 4.98. The van der Waals surface area contributed by atoms with Gasteiger partial charge in [-0.3, -0.25) is 0 Å². The molecule has 0 saturated carbocycles. The predicted molar refractivity (Wildman–Crippen MR) is 84.5 cm³/mol. The Morgan fingerprint density at radius 2 is 1.30 bits per heavy atom. The van der Waals surface area contributed by atoms with Crippen LogP contribution in [0.25, 0.3) is 22.5 Å². The summed E-state index contributed by atoms with van der Waals surface area (Å²) in [6.45, 7) is 2.17. The van der Waals surface area contributed by atoms with Gasteiger partial charge in [0.15, 0.2) is 0 Å². The van der Waals surface area contributed by atoms with Gasteiger partial charge in [-0.05, 0) is 18.1 Å². The molecule has 0 saturated heterocycles. The average molecular weight is 259 g/mol. The first-order chi connectivity index (χ1) is 9.88. The van der Waals surface area contributed by atoms with Crippen molar-refractivity contribution in [1.82, 2.24) is 4.98 Å². The van der Waals surface area contributed by atoms with Gasteiger partial charge in [0, 0.05) is 11.1 Å². The molecule has 1 heterocycles.